The Labute approximate surface area is 183 Å². The van der Waals surface area contributed by atoms with E-state index in [4.69, 9.17) is 0 Å². The summed E-state index contributed by atoms with van der Waals surface area (Å²) in [5.74, 6) is 2.93. The fourth-order valence-corrected chi connectivity index (χ4v) is 7.60. The molecule has 6 rings (SSSR count). The van der Waals surface area contributed by atoms with Crippen LogP contribution < -0.4 is 5.69 Å². The largest absolute Gasteiger partial charge is 0.394 e. The normalized spacial score (nSPS) is 31.1. The average molecular weight is 426 g/mol. The Hall–Kier alpha value is -1.63. The van der Waals surface area contributed by atoms with Gasteiger partial charge < -0.3 is 15.1 Å². The molecule has 6 nitrogen and oxygen atoms in total. The number of hydrogen-bond acceptors (Lipinski definition) is 4. The molecule has 2 heterocycles. The van der Waals surface area contributed by atoms with Gasteiger partial charge in [-0.3, -0.25) is 9.13 Å². The first-order chi connectivity index (χ1) is 15.1. The van der Waals surface area contributed by atoms with Crippen LogP contribution in [0.25, 0.3) is 11.0 Å². The summed E-state index contributed by atoms with van der Waals surface area (Å²) in [5.41, 5.74) is 2.45. The van der Waals surface area contributed by atoms with Gasteiger partial charge in [0.15, 0.2) is 0 Å². The number of nitrogens with zero attached hydrogens (tertiary/aromatic N) is 3. The van der Waals surface area contributed by atoms with Crippen LogP contribution in [0.1, 0.15) is 51.0 Å². The van der Waals surface area contributed by atoms with Crippen LogP contribution >= 0.6 is 0 Å². The van der Waals surface area contributed by atoms with E-state index in [2.05, 4.69) is 4.90 Å². The molecule has 2 aromatic rings. The lowest BCUT2D eigenvalue weighted by Crippen LogP contribution is -2.42. The van der Waals surface area contributed by atoms with Gasteiger partial charge in [0.2, 0.25) is 0 Å². The average Bonchev–Trinajstić information content (AvgIpc) is 3.21. The van der Waals surface area contributed by atoms with Crippen LogP contribution in [0.3, 0.4) is 0 Å². The molecule has 0 radical (unpaired) electrons. The van der Waals surface area contributed by atoms with E-state index in [1.165, 1.54) is 38.6 Å². The van der Waals surface area contributed by atoms with Gasteiger partial charge in [0.05, 0.1) is 30.3 Å². The molecule has 4 fully saturated rings. The minimum atomic E-state index is -0.921. The smallest absolute Gasteiger partial charge is 0.329 e. The molecule has 0 amide bonds. The number of rotatable bonds is 6. The number of fused-ring (bicyclic) bond motifs is 4. The van der Waals surface area contributed by atoms with Gasteiger partial charge in [-0.25, -0.2) is 4.79 Å². The minimum Gasteiger partial charge on any atom is -0.394 e. The summed E-state index contributed by atoms with van der Waals surface area (Å²) in [6, 6.07) is 8.06. The highest BCUT2D eigenvalue weighted by Gasteiger charge is 2.63. The molecule has 168 valence electrons. The number of hydrogen-bond donors (Lipinski definition) is 2. The van der Waals surface area contributed by atoms with Crippen molar-refractivity contribution in [2.75, 3.05) is 26.2 Å². The SMILES string of the molecule is O=c1n(C[C@@H](O)CO)c2ccccc2n1C1CCN(C[C@H]2[C@@H]3CC[C@@H](C3)C23CC3)CC1. The van der Waals surface area contributed by atoms with Gasteiger partial charge in [0.1, 0.15) is 0 Å². The highest BCUT2D eigenvalue weighted by molar-refractivity contribution is 5.76. The molecule has 1 spiro atoms. The van der Waals surface area contributed by atoms with E-state index >= 15 is 0 Å². The van der Waals surface area contributed by atoms with E-state index in [1.54, 1.807) is 4.57 Å². The number of likely N-dealkylation sites (tertiary alicyclic amines) is 1. The second kappa shape index (κ2) is 7.46. The Bertz CT molecular complexity index is 1010. The molecule has 2 bridgehead atoms. The third-order valence-corrected chi connectivity index (χ3v) is 9.27. The molecule has 4 aliphatic rings. The maximum atomic E-state index is 13.3. The third-order valence-electron chi connectivity index (χ3n) is 9.27. The predicted molar refractivity (Wildman–Crippen MR) is 120 cm³/mol. The first-order valence-electron chi connectivity index (χ1n) is 12.3. The second-order valence-electron chi connectivity index (χ2n) is 10.7. The zero-order valence-electron chi connectivity index (χ0n) is 18.3. The summed E-state index contributed by atoms with van der Waals surface area (Å²) in [6.07, 6.45) is 8.48. The number of piperidine rings is 1. The first-order valence-corrected chi connectivity index (χ1v) is 12.3. The summed E-state index contributed by atoms with van der Waals surface area (Å²) in [4.78, 5) is 16.0. The van der Waals surface area contributed by atoms with Gasteiger partial charge >= 0.3 is 5.69 Å². The zero-order valence-corrected chi connectivity index (χ0v) is 18.3. The summed E-state index contributed by atoms with van der Waals surface area (Å²) < 4.78 is 3.59. The highest BCUT2D eigenvalue weighted by Crippen LogP contribution is 2.71. The van der Waals surface area contributed by atoms with E-state index in [1.807, 2.05) is 28.8 Å². The van der Waals surface area contributed by atoms with Crippen molar-refractivity contribution in [3.05, 3.63) is 34.7 Å². The van der Waals surface area contributed by atoms with Crippen molar-refractivity contribution >= 4 is 11.0 Å². The Morgan fingerprint density at radius 1 is 1.06 bits per heavy atom. The number of benzene rings is 1. The molecule has 3 aliphatic carbocycles. The summed E-state index contributed by atoms with van der Waals surface area (Å²) in [7, 11) is 0. The van der Waals surface area contributed by atoms with Crippen molar-refractivity contribution in [1.29, 1.82) is 0 Å². The molecule has 6 heteroatoms. The second-order valence-corrected chi connectivity index (χ2v) is 10.7. The van der Waals surface area contributed by atoms with Crippen LogP contribution in [0, 0.1) is 23.2 Å². The molecule has 0 unspecified atom stereocenters. The molecule has 2 N–H and O–H groups in total. The van der Waals surface area contributed by atoms with Crippen LogP contribution in [0.15, 0.2) is 29.1 Å². The maximum Gasteiger partial charge on any atom is 0.329 e. The number of aromatic nitrogens is 2. The number of aliphatic hydroxyl groups is 2. The standard InChI is InChI=1S/C25H35N3O3/c29-16-20(30)14-27-22-3-1-2-4-23(22)28(24(27)31)19-7-11-26(12-8-19)15-21-17-5-6-18(13-17)25(21)9-10-25/h1-4,17-21,29-30H,5-16H2/t17-,18+,20-,21+/m1/s1. The molecular formula is C25H35N3O3. The van der Waals surface area contributed by atoms with E-state index in [0.29, 0.717) is 0 Å². The Morgan fingerprint density at radius 2 is 1.81 bits per heavy atom. The summed E-state index contributed by atoms with van der Waals surface area (Å²) in [6.45, 7) is 3.20. The van der Waals surface area contributed by atoms with Gasteiger partial charge in [-0.15, -0.1) is 0 Å². The molecule has 1 saturated heterocycles. The van der Waals surface area contributed by atoms with Crippen molar-refractivity contribution < 1.29 is 10.2 Å². The van der Waals surface area contributed by atoms with Crippen molar-refractivity contribution in [2.45, 2.75) is 63.6 Å². The summed E-state index contributed by atoms with van der Waals surface area (Å²) >= 11 is 0. The van der Waals surface area contributed by atoms with Crippen molar-refractivity contribution in [3.8, 4) is 0 Å². The monoisotopic (exact) mass is 425 g/mol. The van der Waals surface area contributed by atoms with Gasteiger partial charge in [-0.05, 0) is 80.2 Å². The fourth-order valence-electron chi connectivity index (χ4n) is 7.60. The van der Waals surface area contributed by atoms with E-state index in [9.17, 15) is 15.0 Å². The molecular weight excluding hydrogens is 390 g/mol. The molecule has 3 saturated carbocycles. The minimum absolute atomic E-state index is 0.0582. The number of imidazole rings is 1. The zero-order chi connectivity index (χ0) is 21.2. The topological polar surface area (TPSA) is 70.6 Å². The lowest BCUT2D eigenvalue weighted by molar-refractivity contribution is 0.0806. The summed E-state index contributed by atoms with van der Waals surface area (Å²) in [5, 5.41) is 19.2. The van der Waals surface area contributed by atoms with E-state index in [0.717, 1.165) is 60.1 Å². The fraction of sp³-hybridized carbons (Fsp3) is 0.720. The Balaban J connectivity index is 1.19. The highest BCUT2D eigenvalue weighted by atomic mass is 16.3. The predicted octanol–water partition coefficient (Wildman–Crippen LogP) is 2.62. The maximum absolute atomic E-state index is 13.3. The molecule has 1 aliphatic heterocycles. The van der Waals surface area contributed by atoms with Crippen LogP contribution in [-0.2, 0) is 6.54 Å². The Morgan fingerprint density at radius 3 is 2.52 bits per heavy atom. The molecule has 4 atom stereocenters. The van der Waals surface area contributed by atoms with Crippen LogP contribution in [-0.4, -0.2) is 56.6 Å². The first kappa shape index (κ1) is 20.0. The van der Waals surface area contributed by atoms with Gasteiger partial charge in [-0.2, -0.15) is 0 Å². The van der Waals surface area contributed by atoms with Crippen molar-refractivity contribution in [2.24, 2.45) is 23.2 Å². The lowest BCUT2D eigenvalue weighted by atomic mass is 9.76. The number of aliphatic hydroxyl groups excluding tert-OH is 2. The van der Waals surface area contributed by atoms with Gasteiger partial charge in [0, 0.05) is 25.7 Å². The molecule has 1 aromatic heterocycles. The quantitative estimate of drug-likeness (QED) is 0.747. The van der Waals surface area contributed by atoms with E-state index in [-0.39, 0.29) is 24.9 Å². The van der Waals surface area contributed by atoms with E-state index < -0.39 is 6.10 Å². The molecule has 1 aromatic carbocycles. The lowest BCUT2D eigenvalue weighted by Gasteiger charge is -2.39. The van der Waals surface area contributed by atoms with Crippen molar-refractivity contribution in [3.63, 3.8) is 0 Å². The van der Waals surface area contributed by atoms with Crippen molar-refractivity contribution in [1.82, 2.24) is 14.0 Å². The van der Waals surface area contributed by atoms with Crippen LogP contribution in [0.5, 0.6) is 0 Å². The van der Waals surface area contributed by atoms with Gasteiger partial charge in [0.25, 0.3) is 0 Å². The number of para-hydroxylation sites is 2. The molecule has 31 heavy (non-hydrogen) atoms. The third kappa shape index (κ3) is 3.13. The van der Waals surface area contributed by atoms with Crippen LogP contribution in [0.2, 0.25) is 0 Å². The van der Waals surface area contributed by atoms with Gasteiger partial charge in [-0.1, -0.05) is 12.1 Å². The Kier molecular flexibility index (Phi) is 4.82. The van der Waals surface area contributed by atoms with Crippen LogP contribution in [0.4, 0.5) is 0 Å².